The Morgan fingerprint density at radius 2 is 1.89 bits per heavy atom. The zero-order valence-electron chi connectivity index (χ0n) is 16.3. The van der Waals surface area contributed by atoms with E-state index in [4.69, 9.17) is 4.52 Å². The lowest BCUT2D eigenvalue weighted by atomic mass is 9.69. The molecule has 1 saturated heterocycles. The van der Waals surface area contributed by atoms with Gasteiger partial charge in [0.15, 0.2) is 0 Å². The van der Waals surface area contributed by atoms with E-state index in [1.54, 1.807) is 18.4 Å². The number of rotatable bonds is 5. The number of amides is 1. The molecule has 2 aliphatic rings. The van der Waals surface area contributed by atoms with Gasteiger partial charge < -0.3 is 9.42 Å². The lowest BCUT2D eigenvalue weighted by molar-refractivity contribution is -0.146. The number of aromatic nitrogens is 1. The van der Waals surface area contributed by atoms with E-state index in [1.807, 2.05) is 17.0 Å². The van der Waals surface area contributed by atoms with Crippen LogP contribution in [-0.2, 0) is 17.8 Å². The predicted molar refractivity (Wildman–Crippen MR) is 104 cm³/mol. The number of nitrogens with zero attached hydrogens (tertiary/aromatic N) is 3. The Morgan fingerprint density at radius 1 is 1.11 bits per heavy atom. The summed E-state index contributed by atoms with van der Waals surface area (Å²) in [5.74, 6) is 0.0370. The fraction of sp³-hybridized carbons (Fsp3) is 0.545. The quantitative estimate of drug-likeness (QED) is 0.788. The highest BCUT2D eigenvalue weighted by atomic mass is 19.1. The molecule has 0 unspecified atom stereocenters. The highest BCUT2D eigenvalue weighted by Crippen LogP contribution is 2.41. The molecule has 0 N–H and O–H groups in total. The minimum absolute atomic E-state index is 0.225. The van der Waals surface area contributed by atoms with E-state index in [9.17, 15) is 9.18 Å². The van der Waals surface area contributed by atoms with Crippen molar-refractivity contribution in [2.75, 3.05) is 26.2 Å². The van der Waals surface area contributed by atoms with Crippen molar-refractivity contribution in [3.63, 3.8) is 0 Å². The van der Waals surface area contributed by atoms with Crippen LogP contribution in [0, 0.1) is 11.2 Å². The number of hydrogen-bond donors (Lipinski definition) is 0. The van der Waals surface area contributed by atoms with E-state index in [0.29, 0.717) is 6.42 Å². The van der Waals surface area contributed by atoms with Crippen LogP contribution < -0.4 is 0 Å². The van der Waals surface area contributed by atoms with Crippen LogP contribution in [-0.4, -0.2) is 47.0 Å². The third-order valence-corrected chi connectivity index (χ3v) is 6.23. The van der Waals surface area contributed by atoms with E-state index in [0.717, 1.165) is 69.7 Å². The van der Waals surface area contributed by atoms with E-state index in [-0.39, 0.29) is 17.1 Å². The Balaban J connectivity index is 1.43. The molecule has 4 rings (SSSR count). The van der Waals surface area contributed by atoms with Crippen molar-refractivity contribution in [1.29, 1.82) is 0 Å². The van der Waals surface area contributed by atoms with Crippen LogP contribution in [0.25, 0.3) is 0 Å². The summed E-state index contributed by atoms with van der Waals surface area (Å²) in [4.78, 5) is 17.9. The first-order valence-electron chi connectivity index (χ1n) is 10.3. The van der Waals surface area contributed by atoms with Crippen molar-refractivity contribution >= 4 is 5.91 Å². The van der Waals surface area contributed by atoms with Crippen molar-refractivity contribution in [3.05, 3.63) is 53.7 Å². The van der Waals surface area contributed by atoms with E-state index in [2.05, 4.69) is 10.1 Å². The second-order valence-electron chi connectivity index (χ2n) is 8.21. The number of piperazine rings is 1. The SMILES string of the molecule is O=C(N1CCN(Cc2ccon2)CC1)C1(Cc2cccc(F)c2)CCCCC1. The highest BCUT2D eigenvalue weighted by Gasteiger charge is 2.42. The van der Waals surface area contributed by atoms with E-state index in [1.165, 1.54) is 12.5 Å². The summed E-state index contributed by atoms with van der Waals surface area (Å²) in [6.07, 6.45) is 7.38. The molecule has 0 spiro atoms. The average molecular weight is 385 g/mol. The molecule has 6 heteroatoms. The van der Waals surface area contributed by atoms with Crippen molar-refractivity contribution < 1.29 is 13.7 Å². The minimum atomic E-state index is -0.375. The van der Waals surface area contributed by atoms with Crippen LogP contribution in [0.3, 0.4) is 0 Å². The van der Waals surface area contributed by atoms with Crippen LogP contribution in [0.1, 0.15) is 43.4 Å². The molecule has 2 aromatic rings. The van der Waals surface area contributed by atoms with Gasteiger partial charge in [-0.05, 0) is 37.0 Å². The first-order chi connectivity index (χ1) is 13.6. The maximum atomic E-state index is 13.7. The van der Waals surface area contributed by atoms with Crippen molar-refractivity contribution in [2.45, 2.75) is 45.1 Å². The molecule has 1 aliphatic carbocycles. The van der Waals surface area contributed by atoms with Crippen LogP contribution in [0.2, 0.25) is 0 Å². The zero-order chi connectivity index (χ0) is 19.4. The van der Waals surface area contributed by atoms with Gasteiger partial charge in [-0.25, -0.2) is 4.39 Å². The number of benzene rings is 1. The second-order valence-corrected chi connectivity index (χ2v) is 8.21. The van der Waals surface area contributed by atoms with Gasteiger partial charge in [0.2, 0.25) is 5.91 Å². The van der Waals surface area contributed by atoms with E-state index < -0.39 is 0 Å². The van der Waals surface area contributed by atoms with Gasteiger partial charge in [0.05, 0.1) is 11.1 Å². The molecule has 2 heterocycles. The summed E-state index contributed by atoms with van der Waals surface area (Å²) in [7, 11) is 0. The van der Waals surface area contributed by atoms with Crippen LogP contribution in [0.4, 0.5) is 4.39 Å². The molecule has 150 valence electrons. The van der Waals surface area contributed by atoms with Gasteiger partial charge in [0, 0.05) is 38.8 Å². The van der Waals surface area contributed by atoms with Crippen LogP contribution >= 0.6 is 0 Å². The molecule has 0 radical (unpaired) electrons. The monoisotopic (exact) mass is 385 g/mol. The maximum absolute atomic E-state index is 13.7. The molecule has 1 saturated carbocycles. The van der Waals surface area contributed by atoms with Crippen molar-refractivity contribution in [1.82, 2.24) is 15.0 Å². The van der Waals surface area contributed by atoms with Gasteiger partial charge in [-0.1, -0.05) is 36.6 Å². The Labute approximate surface area is 165 Å². The fourth-order valence-electron chi connectivity index (χ4n) is 4.73. The van der Waals surface area contributed by atoms with Crippen LogP contribution in [0.5, 0.6) is 0 Å². The Kier molecular flexibility index (Phi) is 5.76. The highest BCUT2D eigenvalue weighted by molar-refractivity contribution is 5.83. The zero-order valence-corrected chi connectivity index (χ0v) is 16.3. The number of hydrogen-bond acceptors (Lipinski definition) is 4. The van der Waals surface area contributed by atoms with E-state index >= 15 is 0 Å². The van der Waals surface area contributed by atoms with Gasteiger partial charge in [-0.3, -0.25) is 9.69 Å². The normalized spacial score (nSPS) is 20.2. The summed E-state index contributed by atoms with van der Waals surface area (Å²) >= 11 is 0. The predicted octanol–water partition coefficient (Wildman–Crippen LogP) is 3.65. The molecule has 1 aromatic heterocycles. The number of carbonyl (C=O) groups excluding carboxylic acids is 1. The third kappa shape index (κ3) is 4.27. The Bertz CT molecular complexity index is 779. The van der Waals surface area contributed by atoms with Gasteiger partial charge in [-0.15, -0.1) is 0 Å². The molecule has 1 amide bonds. The summed E-state index contributed by atoms with van der Waals surface area (Å²) in [6.45, 7) is 3.92. The van der Waals surface area contributed by atoms with Gasteiger partial charge in [-0.2, -0.15) is 0 Å². The molecule has 1 aliphatic heterocycles. The first kappa shape index (κ1) is 19.1. The van der Waals surface area contributed by atoms with Gasteiger partial charge in [0.25, 0.3) is 0 Å². The maximum Gasteiger partial charge on any atom is 0.229 e. The average Bonchev–Trinajstić information content (AvgIpc) is 3.22. The number of carbonyl (C=O) groups is 1. The molecule has 5 nitrogen and oxygen atoms in total. The fourth-order valence-corrected chi connectivity index (χ4v) is 4.73. The third-order valence-electron chi connectivity index (χ3n) is 6.23. The Hall–Kier alpha value is -2.21. The standard InChI is InChI=1S/C22H28FN3O2/c23-19-6-4-5-18(15-19)16-22(8-2-1-3-9-22)21(27)26-12-10-25(11-13-26)17-20-7-14-28-24-20/h4-7,14-15H,1-3,8-13,16-17H2. The summed E-state index contributed by atoms with van der Waals surface area (Å²) in [5, 5.41) is 3.98. The number of halogens is 1. The van der Waals surface area contributed by atoms with Gasteiger partial charge in [0.1, 0.15) is 12.1 Å². The lowest BCUT2D eigenvalue weighted by Gasteiger charge is -2.43. The molecule has 1 aromatic carbocycles. The molecule has 2 fully saturated rings. The minimum Gasteiger partial charge on any atom is -0.364 e. The summed E-state index contributed by atoms with van der Waals surface area (Å²) in [6, 6.07) is 8.62. The molecule has 28 heavy (non-hydrogen) atoms. The van der Waals surface area contributed by atoms with Crippen LogP contribution in [0.15, 0.2) is 41.1 Å². The molecular formula is C22H28FN3O2. The molecular weight excluding hydrogens is 357 g/mol. The second kappa shape index (κ2) is 8.43. The molecule has 0 atom stereocenters. The first-order valence-corrected chi connectivity index (χ1v) is 10.3. The summed E-state index contributed by atoms with van der Waals surface area (Å²) in [5.41, 5.74) is 1.48. The Morgan fingerprint density at radius 3 is 2.57 bits per heavy atom. The summed E-state index contributed by atoms with van der Waals surface area (Å²) < 4.78 is 18.6. The van der Waals surface area contributed by atoms with Crippen molar-refractivity contribution in [2.24, 2.45) is 5.41 Å². The largest absolute Gasteiger partial charge is 0.364 e. The van der Waals surface area contributed by atoms with Gasteiger partial charge >= 0.3 is 0 Å². The smallest absolute Gasteiger partial charge is 0.229 e. The molecule has 0 bridgehead atoms. The van der Waals surface area contributed by atoms with Crippen molar-refractivity contribution in [3.8, 4) is 0 Å². The lowest BCUT2D eigenvalue weighted by Crippen LogP contribution is -2.54. The topological polar surface area (TPSA) is 49.6 Å².